The summed E-state index contributed by atoms with van der Waals surface area (Å²) < 4.78 is 0. The largest absolute Gasteiger partial charge is 0.300 e. The van der Waals surface area contributed by atoms with E-state index in [2.05, 4.69) is 40.1 Å². The lowest BCUT2D eigenvalue weighted by Gasteiger charge is -2.34. The van der Waals surface area contributed by atoms with Crippen LogP contribution in [0, 0.1) is 11.3 Å². The third-order valence-corrected chi connectivity index (χ3v) is 4.89. The van der Waals surface area contributed by atoms with Crippen LogP contribution in [0.1, 0.15) is 23.1 Å². The Morgan fingerprint density at radius 3 is 2.30 bits per heavy atom. The minimum Gasteiger partial charge on any atom is -0.300 e. The first-order valence-electron chi connectivity index (χ1n) is 9.42. The molecule has 0 N–H and O–H groups in total. The highest BCUT2D eigenvalue weighted by atomic mass is 16.1. The van der Waals surface area contributed by atoms with E-state index in [0.717, 1.165) is 44.8 Å². The van der Waals surface area contributed by atoms with Crippen LogP contribution in [-0.4, -0.2) is 48.3 Å². The highest BCUT2D eigenvalue weighted by molar-refractivity contribution is 5.93. The second-order valence-corrected chi connectivity index (χ2v) is 6.89. The minimum atomic E-state index is 0.145. The molecule has 0 amide bonds. The van der Waals surface area contributed by atoms with Gasteiger partial charge in [-0.1, -0.05) is 48.5 Å². The molecular weight excluding hydrogens is 334 g/mol. The predicted molar refractivity (Wildman–Crippen MR) is 108 cm³/mol. The van der Waals surface area contributed by atoms with Gasteiger partial charge < -0.3 is 4.90 Å². The molecule has 4 heteroatoms. The molecule has 0 unspecified atom stereocenters. The number of carbonyl (C=O) groups is 1. The minimum absolute atomic E-state index is 0.145. The molecule has 3 rings (SSSR count). The number of hydrogen-bond acceptors (Lipinski definition) is 4. The Kier molecular flexibility index (Phi) is 6.92. The average Bonchev–Trinajstić information content (AvgIpc) is 2.73. The Balaban J connectivity index is 1.37. The normalized spacial score (nSPS) is 15.7. The summed E-state index contributed by atoms with van der Waals surface area (Å²) >= 11 is 0. The van der Waals surface area contributed by atoms with Crippen molar-refractivity contribution < 1.29 is 4.79 Å². The zero-order chi connectivity index (χ0) is 18.9. The molecule has 27 heavy (non-hydrogen) atoms. The van der Waals surface area contributed by atoms with Gasteiger partial charge in [0.15, 0.2) is 5.78 Å². The van der Waals surface area contributed by atoms with E-state index in [1.165, 1.54) is 5.56 Å². The van der Waals surface area contributed by atoms with E-state index in [1.54, 1.807) is 18.2 Å². The third-order valence-electron chi connectivity index (χ3n) is 4.89. The Hall–Kier alpha value is -2.74. The molecule has 0 aromatic heterocycles. The third kappa shape index (κ3) is 6.18. The van der Waals surface area contributed by atoms with Crippen LogP contribution in [0.4, 0.5) is 0 Å². The zero-order valence-electron chi connectivity index (χ0n) is 15.6. The summed E-state index contributed by atoms with van der Waals surface area (Å²) in [6, 6.07) is 19.9. The maximum Gasteiger partial charge on any atom is 0.156 e. The summed E-state index contributed by atoms with van der Waals surface area (Å²) in [6.07, 6.45) is 4.01. The number of nitrogens with zero attached hydrogens (tertiary/aromatic N) is 3. The molecule has 1 heterocycles. The van der Waals surface area contributed by atoms with E-state index >= 15 is 0 Å². The summed E-state index contributed by atoms with van der Waals surface area (Å²) in [6.45, 7) is 5.93. The quantitative estimate of drug-likeness (QED) is 0.712. The number of hydrogen-bond donors (Lipinski definition) is 0. The zero-order valence-corrected chi connectivity index (χ0v) is 15.6. The van der Waals surface area contributed by atoms with Gasteiger partial charge in [0.05, 0.1) is 11.6 Å². The van der Waals surface area contributed by atoms with Crippen LogP contribution in [-0.2, 0) is 11.3 Å². The molecule has 0 saturated carbocycles. The van der Waals surface area contributed by atoms with Gasteiger partial charge in [-0.25, -0.2) is 0 Å². The molecule has 0 bridgehead atoms. The molecule has 0 spiro atoms. The number of carbonyl (C=O) groups excluding carboxylic acids is 1. The molecule has 4 nitrogen and oxygen atoms in total. The summed E-state index contributed by atoms with van der Waals surface area (Å²) in [5, 5.41) is 8.80. The van der Waals surface area contributed by atoms with Gasteiger partial charge in [0.2, 0.25) is 0 Å². The highest BCUT2D eigenvalue weighted by Crippen LogP contribution is 2.09. The number of allylic oxidation sites excluding steroid dienone is 1. The molecule has 1 saturated heterocycles. The molecule has 1 aliphatic heterocycles. The van der Waals surface area contributed by atoms with Crippen LogP contribution in [0.2, 0.25) is 0 Å². The van der Waals surface area contributed by atoms with E-state index < -0.39 is 0 Å². The molecular formula is C23H25N3O. The molecule has 2 aromatic rings. The van der Waals surface area contributed by atoms with Gasteiger partial charge in [-0.3, -0.25) is 9.69 Å². The van der Waals surface area contributed by atoms with Crippen molar-refractivity contribution in [3.8, 4) is 6.07 Å². The Bertz CT molecular complexity index is 798. The number of benzene rings is 2. The molecule has 2 aromatic carbocycles. The fraction of sp³-hybridized carbons (Fsp3) is 0.304. The summed E-state index contributed by atoms with van der Waals surface area (Å²) in [5.74, 6) is 0.145. The van der Waals surface area contributed by atoms with Crippen LogP contribution in [0.25, 0.3) is 6.08 Å². The van der Waals surface area contributed by atoms with Crippen LogP contribution in [0.3, 0.4) is 0 Å². The van der Waals surface area contributed by atoms with Gasteiger partial charge in [0, 0.05) is 45.7 Å². The standard InChI is InChI=1S/C23H25N3O/c24-18-21-8-6-20(7-9-21)10-11-23(27)12-13-25-14-16-26(17-15-25)19-22-4-2-1-3-5-22/h1-11H,12-17,19H2. The predicted octanol–water partition coefficient (Wildman–Crippen LogP) is 3.35. The topological polar surface area (TPSA) is 47.3 Å². The molecule has 138 valence electrons. The van der Waals surface area contributed by atoms with Crippen molar-refractivity contribution in [1.29, 1.82) is 5.26 Å². The first-order chi connectivity index (χ1) is 13.2. The molecule has 1 aliphatic rings. The molecule has 0 radical (unpaired) electrons. The van der Waals surface area contributed by atoms with Crippen LogP contribution < -0.4 is 0 Å². The summed E-state index contributed by atoms with van der Waals surface area (Å²) in [7, 11) is 0. The summed E-state index contributed by atoms with van der Waals surface area (Å²) in [4.78, 5) is 17.0. The van der Waals surface area contributed by atoms with Crippen molar-refractivity contribution in [3.05, 3.63) is 77.4 Å². The van der Waals surface area contributed by atoms with Crippen molar-refractivity contribution >= 4 is 11.9 Å². The lowest BCUT2D eigenvalue weighted by molar-refractivity contribution is -0.114. The van der Waals surface area contributed by atoms with Gasteiger partial charge in [-0.05, 0) is 29.3 Å². The molecule has 1 fully saturated rings. The average molecular weight is 359 g/mol. The maximum atomic E-state index is 12.1. The van der Waals surface area contributed by atoms with E-state index in [9.17, 15) is 4.79 Å². The van der Waals surface area contributed by atoms with Crippen LogP contribution >= 0.6 is 0 Å². The van der Waals surface area contributed by atoms with Crippen molar-refractivity contribution in [1.82, 2.24) is 9.80 Å². The van der Waals surface area contributed by atoms with E-state index in [0.29, 0.717) is 12.0 Å². The fourth-order valence-corrected chi connectivity index (χ4v) is 3.22. The van der Waals surface area contributed by atoms with Gasteiger partial charge >= 0.3 is 0 Å². The number of nitriles is 1. The van der Waals surface area contributed by atoms with Crippen molar-refractivity contribution in [2.75, 3.05) is 32.7 Å². The number of piperazine rings is 1. The van der Waals surface area contributed by atoms with Gasteiger partial charge in [-0.15, -0.1) is 0 Å². The second-order valence-electron chi connectivity index (χ2n) is 6.89. The summed E-state index contributed by atoms with van der Waals surface area (Å²) in [5.41, 5.74) is 2.93. The van der Waals surface area contributed by atoms with Gasteiger partial charge in [-0.2, -0.15) is 5.26 Å². The van der Waals surface area contributed by atoms with Crippen molar-refractivity contribution in [2.45, 2.75) is 13.0 Å². The monoisotopic (exact) mass is 359 g/mol. The van der Waals surface area contributed by atoms with Crippen LogP contribution in [0.15, 0.2) is 60.7 Å². The van der Waals surface area contributed by atoms with Crippen molar-refractivity contribution in [2.24, 2.45) is 0 Å². The smallest absolute Gasteiger partial charge is 0.156 e. The Morgan fingerprint density at radius 1 is 0.963 bits per heavy atom. The fourth-order valence-electron chi connectivity index (χ4n) is 3.22. The van der Waals surface area contributed by atoms with Crippen LogP contribution in [0.5, 0.6) is 0 Å². The van der Waals surface area contributed by atoms with E-state index in [1.807, 2.05) is 24.3 Å². The van der Waals surface area contributed by atoms with E-state index in [4.69, 9.17) is 5.26 Å². The Morgan fingerprint density at radius 2 is 1.63 bits per heavy atom. The van der Waals surface area contributed by atoms with Crippen molar-refractivity contribution in [3.63, 3.8) is 0 Å². The van der Waals surface area contributed by atoms with Gasteiger partial charge in [0.25, 0.3) is 0 Å². The highest BCUT2D eigenvalue weighted by Gasteiger charge is 2.17. The first kappa shape index (κ1) is 19.0. The first-order valence-corrected chi connectivity index (χ1v) is 9.42. The number of ketones is 1. The number of rotatable bonds is 7. The molecule has 0 atom stereocenters. The lowest BCUT2D eigenvalue weighted by atomic mass is 10.1. The molecule has 0 aliphatic carbocycles. The maximum absolute atomic E-state index is 12.1. The SMILES string of the molecule is N#Cc1ccc(C=CC(=O)CCN2CCN(Cc3ccccc3)CC2)cc1. The van der Waals surface area contributed by atoms with Gasteiger partial charge in [0.1, 0.15) is 0 Å². The Labute approximate surface area is 161 Å². The lowest BCUT2D eigenvalue weighted by Crippen LogP contribution is -2.46. The van der Waals surface area contributed by atoms with E-state index in [-0.39, 0.29) is 5.78 Å². The second kappa shape index (κ2) is 9.82.